The highest BCUT2D eigenvalue weighted by Gasteiger charge is 2.44. The van der Waals surface area contributed by atoms with Gasteiger partial charge in [-0.15, -0.1) is 0 Å². The van der Waals surface area contributed by atoms with Gasteiger partial charge in [0.1, 0.15) is 0 Å². The van der Waals surface area contributed by atoms with Crippen LogP contribution in [0.3, 0.4) is 0 Å². The van der Waals surface area contributed by atoms with Crippen LogP contribution in [0.15, 0.2) is 41.3 Å². The lowest BCUT2D eigenvalue weighted by Gasteiger charge is -2.36. The normalized spacial score (nSPS) is 20.9. The van der Waals surface area contributed by atoms with E-state index in [-0.39, 0.29) is 31.3 Å². The van der Waals surface area contributed by atoms with Crippen LogP contribution in [0.2, 0.25) is 0 Å². The van der Waals surface area contributed by atoms with Gasteiger partial charge in [-0.2, -0.15) is 4.31 Å². The third-order valence-electron chi connectivity index (χ3n) is 6.62. The highest BCUT2D eigenvalue weighted by Crippen LogP contribution is 2.32. The number of piperazine rings is 1. The zero-order valence-corrected chi connectivity index (χ0v) is 19.8. The Hall–Kier alpha value is -2.55. The minimum Gasteiger partial charge on any atom is -0.289 e. The number of carbonyl (C=O) groups excluding carboxylic acids is 2. The van der Waals surface area contributed by atoms with Gasteiger partial charge in [-0.25, -0.2) is 13.3 Å². The molecule has 4 rings (SSSR count). The summed E-state index contributed by atoms with van der Waals surface area (Å²) in [7, 11) is -3.59. The van der Waals surface area contributed by atoms with E-state index in [1.54, 1.807) is 12.1 Å². The number of carbonyl (C=O) groups is 2. The van der Waals surface area contributed by atoms with E-state index >= 15 is 0 Å². The molecule has 0 saturated carbocycles. The molecule has 170 valence electrons. The lowest BCUT2D eigenvalue weighted by Crippen LogP contribution is -2.53. The lowest BCUT2D eigenvalue weighted by molar-refractivity contribution is -0.123. The topological polar surface area (TPSA) is 78.0 Å². The summed E-state index contributed by atoms with van der Waals surface area (Å²) in [5, 5.41) is 0. The van der Waals surface area contributed by atoms with Gasteiger partial charge in [0.05, 0.1) is 23.0 Å². The number of hydrogen-bond acceptors (Lipinski definition) is 5. The second-order valence-corrected chi connectivity index (χ2v) is 10.7. The number of anilines is 1. The zero-order chi connectivity index (χ0) is 23.2. The molecule has 0 radical (unpaired) electrons. The van der Waals surface area contributed by atoms with Crippen LogP contribution in [0.25, 0.3) is 0 Å². The van der Waals surface area contributed by atoms with Gasteiger partial charge in [-0.3, -0.25) is 14.5 Å². The summed E-state index contributed by atoms with van der Waals surface area (Å²) in [4.78, 5) is 29.6. The van der Waals surface area contributed by atoms with Crippen molar-refractivity contribution < 1.29 is 18.0 Å². The fourth-order valence-electron chi connectivity index (χ4n) is 4.57. The first-order valence-corrected chi connectivity index (χ1v) is 12.3. The molecule has 1 atom stereocenters. The van der Waals surface area contributed by atoms with E-state index in [0.29, 0.717) is 23.7 Å². The number of para-hydroxylation sites is 1. The molecular weight excluding hydrogens is 426 g/mol. The Morgan fingerprint density at radius 2 is 1.44 bits per heavy atom. The van der Waals surface area contributed by atoms with E-state index in [4.69, 9.17) is 0 Å². The molecule has 0 aliphatic carbocycles. The second-order valence-electron chi connectivity index (χ2n) is 8.71. The third kappa shape index (κ3) is 3.87. The molecule has 0 N–H and O–H groups in total. The molecule has 0 aromatic heterocycles. The van der Waals surface area contributed by atoms with Gasteiger partial charge in [-0.05, 0) is 62.1 Å². The SMILES string of the molecule is Cc1ccc(S(=O)(=O)N2CCN([C@H]3CC(=O)N(c4c(C)cccc4C)C3=O)CC2)cc1C. The van der Waals surface area contributed by atoms with Crippen LogP contribution in [0.1, 0.15) is 28.7 Å². The molecule has 2 aliphatic heterocycles. The highest BCUT2D eigenvalue weighted by atomic mass is 32.2. The third-order valence-corrected chi connectivity index (χ3v) is 8.51. The predicted molar refractivity (Wildman–Crippen MR) is 123 cm³/mol. The minimum absolute atomic E-state index is 0.122. The smallest absolute Gasteiger partial charge is 0.251 e. The molecule has 2 saturated heterocycles. The van der Waals surface area contributed by atoms with Crippen molar-refractivity contribution in [2.45, 2.75) is 45.1 Å². The Labute approximate surface area is 189 Å². The average molecular weight is 456 g/mol. The summed E-state index contributed by atoms with van der Waals surface area (Å²) in [5.74, 6) is -0.430. The molecular formula is C24H29N3O4S. The maximum atomic E-state index is 13.2. The Morgan fingerprint density at radius 3 is 2.03 bits per heavy atom. The zero-order valence-electron chi connectivity index (χ0n) is 19.0. The van der Waals surface area contributed by atoms with Crippen molar-refractivity contribution in [2.75, 3.05) is 31.1 Å². The molecule has 0 bridgehead atoms. The molecule has 7 nitrogen and oxygen atoms in total. The largest absolute Gasteiger partial charge is 0.289 e. The fraction of sp³-hybridized carbons (Fsp3) is 0.417. The molecule has 2 aromatic rings. The predicted octanol–water partition coefficient (Wildman–Crippen LogP) is 2.56. The van der Waals surface area contributed by atoms with Crippen molar-refractivity contribution in [1.82, 2.24) is 9.21 Å². The molecule has 0 spiro atoms. The Balaban J connectivity index is 1.48. The number of nitrogens with zero attached hydrogens (tertiary/aromatic N) is 3. The maximum absolute atomic E-state index is 13.2. The fourth-order valence-corrected chi connectivity index (χ4v) is 6.08. The van der Waals surface area contributed by atoms with Crippen molar-refractivity contribution in [3.63, 3.8) is 0 Å². The summed E-state index contributed by atoms with van der Waals surface area (Å²) in [5.41, 5.74) is 4.42. The van der Waals surface area contributed by atoms with E-state index in [1.165, 1.54) is 9.21 Å². The van der Waals surface area contributed by atoms with Gasteiger partial charge in [-0.1, -0.05) is 24.3 Å². The number of hydrogen-bond donors (Lipinski definition) is 0. The maximum Gasteiger partial charge on any atom is 0.251 e. The summed E-state index contributed by atoms with van der Waals surface area (Å²) < 4.78 is 27.6. The highest BCUT2D eigenvalue weighted by molar-refractivity contribution is 7.89. The van der Waals surface area contributed by atoms with Gasteiger partial charge in [0.25, 0.3) is 5.91 Å². The molecule has 2 fully saturated rings. The Morgan fingerprint density at radius 1 is 0.812 bits per heavy atom. The summed E-state index contributed by atoms with van der Waals surface area (Å²) >= 11 is 0. The van der Waals surface area contributed by atoms with Gasteiger partial charge >= 0.3 is 0 Å². The first-order valence-electron chi connectivity index (χ1n) is 10.9. The number of rotatable bonds is 4. The Kier molecular flexibility index (Phi) is 5.96. The van der Waals surface area contributed by atoms with Crippen molar-refractivity contribution in [1.29, 1.82) is 0 Å². The summed E-state index contributed by atoms with van der Waals surface area (Å²) in [6, 6.07) is 10.3. The van der Waals surface area contributed by atoms with E-state index in [9.17, 15) is 18.0 Å². The van der Waals surface area contributed by atoms with Crippen LogP contribution in [-0.2, 0) is 19.6 Å². The van der Waals surface area contributed by atoms with Gasteiger partial charge in [0, 0.05) is 26.2 Å². The van der Waals surface area contributed by atoms with Crippen LogP contribution in [0.5, 0.6) is 0 Å². The molecule has 2 aromatic carbocycles. The summed E-state index contributed by atoms with van der Waals surface area (Å²) in [6.45, 7) is 9.04. The molecule has 0 unspecified atom stereocenters. The van der Waals surface area contributed by atoms with E-state index in [0.717, 1.165) is 22.3 Å². The number of imide groups is 1. The van der Waals surface area contributed by atoms with Crippen LogP contribution < -0.4 is 4.90 Å². The molecule has 2 aliphatic rings. The van der Waals surface area contributed by atoms with Crippen LogP contribution in [-0.4, -0.2) is 61.7 Å². The van der Waals surface area contributed by atoms with Crippen LogP contribution in [0.4, 0.5) is 5.69 Å². The summed E-state index contributed by atoms with van der Waals surface area (Å²) in [6.07, 6.45) is 0.122. The average Bonchev–Trinajstić information content (AvgIpc) is 3.04. The first-order chi connectivity index (χ1) is 15.1. The van der Waals surface area contributed by atoms with E-state index < -0.39 is 16.1 Å². The van der Waals surface area contributed by atoms with Crippen molar-refractivity contribution in [3.05, 3.63) is 58.7 Å². The van der Waals surface area contributed by atoms with Crippen molar-refractivity contribution in [2.24, 2.45) is 0 Å². The number of benzene rings is 2. The molecule has 2 heterocycles. The van der Waals surface area contributed by atoms with Gasteiger partial charge in [0.2, 0.25) is 15.9 Å². The minimum atomic E-state index is -3.59. The molecule has 32 heavy (non-hydrogen) atoms. The quantitative estimate of drug-likeness (QED) is 0.662. The van der Waals surface area contributed by atoms with Gasteiger partial charge in [0.15, 0.2) is 0 Å². The lowest BCUT2D eigenvalue weighted by atomic mass is 10.1. The standard InChI is InChI=1S/C24H29N3O4S/c1-16-8-9-20(14-19(16)4)32(30,31)26-12-10-25(11-13-26)21-15-22(28)27(24(21)29)23-17(2)6-5-7-18(23)3/h5-9,14,21H,10-13,15H2,1-4H3/t21-/m0/s1. The second kappa shape index (κ2) is 8.42. The van der Waals surface area contributed by atoms with Gasteiger partial charge < -0.3 is 0 Å². The van der Waals surface area contributed by atoms with Crippen LogP contribution in [0, 0.1) is 27.7 Å². The first kappa shape index (κ1) is 22.6. The van der Waals surface area contributed by atoms with Crippen molar-refractivity contribution >= 4 is 27.5 Å². The number of aryl methyl sites for hydroxylation is 4. The Bertz CT molecular complexity index is 1160. The van der Waals surface area contributed by atoms with E-state index in [2.05, 4.69) is 0 Å². The van der Waals surface area contributed by atoms with Crippen molar-refractivity contribution in [3.8, 4) is 0 Å². The van der Waals surface area contributed by atoms with Crippen LogP contribution >= 0.6 is 0 Å². The van der Waals surface area contributed by atoms with E-state index in [1.807, 2.05) is 56.9 Å². The number of sulfonamides is 1. The molecule has 8 heteroatoms. The molecule has 2 amide bonds. The monoisotopic (exact) mass is 455 g/mol. The number of amides is 2.